The lowest BCUT2D eigenvalue weighted by molar-refractivity contribution is -0.118. The van der Waals surface area contributed by atoms with Gasteiger partial charge in [0.05, 0.1) is 14.2 Å². The van der Waals surface area contributed by atoms with E-state index in [1.165, 1.54) is 14.2 Å². The molecular weight excluding hydrogens is 384 g/mol. The topological polar surface area (TPSA) is 85.9 Å². The van der Waals surface area contributed by atoms with Crippen LogP contribution in [-0.4, -0.2) is 32.6 Å². The zero-order valence-electron chi connectivity index (χ0n) is 16.7. The lowest BCUT2D eigenvalue weighted by Gasteiger charge is -2.11. The molecule has 0 aromatic heterocycles. The predicted molar refractivity (Wildman–Crippen MR) is 115 cm³/mol. The lowest BCUT2D eigenvalue weighted by Crippen LogP contribution is -2.20. The molecule has 0 heterocycles. The fourth-order valence-corrected chi connectivity index (χ4v) is 2.67. The van der Waals surface area contributed by atoms with Crippen LogP contribution in [0.3, 0.4) is 0 Å². The van der Waals surface area contributed by atoms with E-state index in [1.807, 2.05) is 18.2 Å². The largest absolute Gasteiger partial charge is 0.497 e. The summed E-state index contributed by atoms with van der Waals surface area (Å²) in [6, 6.07) is 20.9. The van der Waals surface area contributed by atoms with Crippen LogP contribution < -0.4 is 24.8 Å². The minimum absolute atomic E-state index is 0.153. The fraction of sp³-hybridized carbons (Fsp3) is 0.130. The Morgan fingerprint density at radius 3 is 2.07 bits per heavy atom. The van der Waals surface area contributed by atoms with Gasteiger partial charge < -0.3 is 24.8 Å². The number of carbonyl (C=O) groups excluding carboxylic acids is 2. The van der Waals surface area contributed by atoms with Gasteiger partial charge in [0.15, 0.2) is 6.61 Å². The van der Waals surface area contributed by atoms with Gasteiger partial charge >= 0.3 is 0 Å². The summed E-state index contributed by atoms with van der Waals surface area (Å²) in [5.41, 5.74) is 1.61. The average Bonchev–Trinajstić information content (AvgIpc) is 2.78. The molecular formula is C23H22N2O5. The Balaban J connectivity index is 1.61. The van der Waals surface area contributed by atoms with Gasteiger partial charge in [-0.25, -0.2) is 0 Å². The van der Waals surface area contributed by atoms with Gasteiger partial charge in [-0.1, -0.05) is 24.3 Å². The van der Waals surface area contributed by atoms with Crippen molar-refractivity contribution in [3.63, 3.8) is 0 Å². The molecule has 0 aliphatic carbocycles. The molecule has 3 aromatic rings. The van der Waals surface area contributed by atoms with E-state index in [1.54, 1.807) is 54.6 Å². The first kappa shape index (κ1) is 20.7. The van der Waals surface area contributed by atoms with Crippen molar-refractivity contribution < 1.29 is 23.8 Å². The Morgan fingerprint density at radius 2 is 1.40 bits per heavy atom. The number of anilines is 2. The van der Waals surface area contributed by atoms with Crippen molar-refractivity contribution in [2.75, 3.05) is 31.5 Å². The van der Waals surface area contributed by atoms with E-state index in [-0.39, 0.29) is 18.4 Å². The third-order valence-corrected chi connectivity index (χ3v) is 4.13. The third kappa shape index (κ3) is 5.75. The quantitative estimate of drug-likeness (QED) is 0.591. The van der Waals surface area contributed by atoms with Crippen LogP contribution in [0.25, 0.3) is 0 Å². The van der Waals surface area contributed by atoms with Crippen molar-refractivity contribution in [3.8, 4) is 17.2 Å². The van der Waals surface area contributed by atoms with Crippen LogP contribution >= 0.6 is 0 Å². The van der Waals surface area contributed by atoms with Gasteiger partial charge in [-0.2, -0.15) is 0 Å². The standard InChI is InChI=1S/C23H22N2O5/c1-28-20-11-16(12-21(14-20)29-2)23(27)25-18-9-6-10-19(13-18)30-15-22(26)24-17-7-4-3-5-8-17/h3-14H,15H2,1-2H3,(H,24,26)(H,25,27). The molecule has 0 saturated carbocycles. The van der Waals surface area contributed by atoms with Gasteiger partial charge in [-0.05, 0) is 36.4 Å². The van der Waals surface area contributed by atoms with E-state index in [4.69, 9.17) is 14.2 Å². The Morgan fingerprint density at radius 1 is 0.733 bits per heavy atom. The van der Waals surface area contributed by atoms with Crippen LogP contribution in [0.2, 0.25) is 0 Å². The van der Waals surface area contributed by atoms with Crippen LogP contribution in [0.5, 0.6) is 17.2 Å². The molecule has 0 spiro atoms. The average molecular weight is 406 g/mol. The van der Waals surface area contributed by atoms with Crippen molar-refractivity contribution in [3.05, 3.63) is 78.4 Å². The van der Waals surface area contributed by atoms with E-state index in [9.17, 15) is 9.59 Å². The van der Waals surface area contributed by atoms with Gasteiger partial charge in [0, 0.05) is 29.1 Å². The van der Waals surface area contributed by atoms with Crippen LogP contribution in [0, 0.1) is 0 Å². The Bertz CT molecular complexity index is 999. The molecule has 30 heavy (non-hydrogen) atoms. The maximum absolute atomic E-state index is 12.6. The first-order chi connectivity index (χ1) is 14.6. The molecule has 3 aromatic carbocycles. The maximum atomic E-state index is 12.6. The minimum atomic E-state index is -0.328. The van der Waals surface area contributed by atoms with Gasteiger partial charge in [0.1, 0.15) is 17.2 Å². The molecule has 3 rings (SSSR count). The molecule has 2 amide bonds. The van der Waals surface area contributed by atoms with Crippen molar-refractivity contribution in [1.29, 1.82) is 0 Å². The summed E-state index contributed by atoms with van der Waals surface area (Å²) in [5, 5.41) is 5.54. The second kappa shape index (κ2) is 9.97. The molecule has 0 aliphatic heterocycles. The molecule has 7 heteroatoms. The molecule has 0 saturated heterocycles. The first-order valence-electron chi connectivity index (χ1n) is 9.19. The molecule has 154 valence electrons. The summed E-state index contributed by atoms with van der Waals surface area (Å²) < 4.78 is 15.9. The smallest absolute Gasteiger partial charge is 0.262 e. The summed E-state index contributed by atoms with van der Waals surface area (Å²) in [6.07, 6.45) is 0. The highest BCUT2D eigenvalue weighted by Crippen LogP contribution is 2.24. The summed E-state index contributed by atoms with van der Waals surface area (Å²) in [7, 11) is 3.04. The molecule has 0 bridgehead atoms. The molecule has 0 fully saturated rings. The van der Waals surface area contributed by atoms with Gasteiger partial charge in [0.25, 0.3) is 11.8 Å². The number of methoxy groups -OCH3 is 2. The minimum Gasteiger partial charge on any atom is -0.497 e. The molecule has 2 N–H and O–H groups in total. The van der Waals surface area contributed by atoms with Crippen LogP contribution in [-0.2, 0) is 4.79 Å². The highest BCUT2D eigenvalue weighted by Gasteiger charge is 2.11. The van der Waals surface area contributed by atoms with Gasteiger partial charge in [-0.3, -0.25) is 9.59 Å². The van der Waals surface area contributed by atoms with E-state index in [2.05, 4.69) is 10.6 Å². The first-order valence-corrected chi connectivity index (χ1v) is 9.19. The second-order valence-corrected chi connectivity index (χ2v) is 6.29. The van der Waals surface area contributed by atoms with Crippen molar-refractivity contribution >= 4 is 23.2 Å². The second-order valence-electron chi connectivity index (χ2n) is 6.29. The van der Waals surface area contributed by atoms with Crippen LogP contribution in [0.15, 0.2) is 72.8 Å². The van der Waals surface area contributed by atoms with E-state index in [0.717, 1.165) is 0 Å². The normalized spacial score (nSPS) is 10.1. The van der Waals surface area contributed by atoms with E-state index >= 15 is 0 Å². The monoisotopic (exact) mass is 406 g/mol. The summed E-state index contributed by atoms with van der Waals surface area (Å²) >= 11 is 0. The van der Waals surface area contributed by atoms with E-state index in [0.29, 0.717) is 34.2 Å². The number of ether oxygens (including phenoxy) is 3. The van der Waals surface area contributed by atoms with Crippen molar-refractivity contribution in [2.45, 2.75) is 0 Å². The summed E-state index contributed by atoms with van der Waals surface area (Å²) in [4.78, 5) is 24.6. The zero-order valence-corrected chi connectivity index (χ0v) is 16.7. The van der Waals surface area contributed by atoms with Crippen LogP contribution in [0.4, 0.5) is 11.4 Å². The van der Waals surface area contributed by atoms with Gasteiger partial charge in [-0.15, -0.1) is 0 Å². The maximum Gasteiger partial charge on any atom is 0.262 e. The molecule has 0 radical (unpaired) electrons. The summed E-state index contributed by atoms with van der Waals surface area (Å²) in [5.74, 6) is 0.881. The lowest BCUT2D eigenvalue weighted by atomic mass is 10.1. The molecule has 0 aliphatic rings. The highest BCUT2D eigenvalue weighted by atomic mass is 16.5. The van der Waals surface area contributed by atoms with Crippen LogP contribution in [0.1, 0.15) is 10.4 Å². The number of carbonyl (C=O) groups is 2. The van der Waals surface area contributed by atoms with Crippen molar-refractivity contribution in [2.24, 2.45) is 0 Å². The number of hydrogen-bond acceptors (Lipinski definition) is 5. The highest BCUT2D eigenvalue weighted by molar-refractivity contribution is 6.04. The third-order valence-electron chi connectivity index (χ3n) is 4.13. The Hall–Kier alpha value is -4.00. The number of hydrogen-bond donors (Lipinski definition) is 2. The van der Waals surface area contributed by atoms with E-state index < -0.39 is 0 Å². The summed E-state index contributed by atoms with van der Waals surface area (Å²) in [6.45, 7) is -0.153. The number of amides is 2. The number of rotatable bonds is 8. The Kier molecular flexibility index (Phi) is 6.89. The molecule has 0 unspecified atom stereocenters. The Labute approximate surface area is 174 Å². The van der Waals surface area contributed by atoms with Crippen molar-refractivity contribution in [1.82, 2.24) is 0 Å². The predicted octanol–water partition coefficient (Wildman–Crippen LogP) is 3.97. The SMILES string of the molecule is COc1cc(OC)cc(C(=O)Nc2cccc(OCC(=O)Nc3ccccc3)c2)c1. The van der Waals surface area contributed by atoms with Gasteiger partial charge in [0.2, 0.25) is 0 Å². The number of para-hydroxylation sites is 1. The molecule has 7 nitrogen and oxygen atoms in total. The zero-order chi connectivity index (χ0) is 21.3. The number of benzene rings is 3. The fourth-order valence-electron chi connectivity index (χ4n) is 2.67. The molecule has 0 atom stereocenters. The number of nitrogens with one attached hydrogen (secondary N) is 2.